The zero-order chi connectivity index (χ0) is 11.6. The molecule has 9 heteroatoms. The highest BCUT2D eigenvalue weighted by atomic mass is 19.4. The van der Waals surface area contributed by atoms with Crippen molar-refractivity contribution in [1.82, 2.24) is 15.0 Å². The molecule has 0 saturated carbocycles. The van der Waals surface area contributed by atoms with Crippen LogP contribution in [0.25, 0.3) is 0 Å². The third-order valence-electron chi connectivity index (χ3n) is 1.56. The van der Waals surface area contributed by atoms with E-state index in [-0.39, 0.29) is 12.2 Å². The fraction of sp³-hybridized carbons (Fsp3) is 0.500. The Morgan fingerprint density at radius 1 is 1.53 bits per heavy atom. The molecule has 0 aliphatic carbocycles. The molecule has 0 saturated heterocycles. The number of hydrogen-bond donors (Lipinski definition) is 2. The maximum absolute atomic E-state index is 12.0. The number of aromatic nitrogens is 3. The van der Waals surface area contributed by atoms with E-state index in [0.29, 0.717) is 4.68 Å². The van der Waals surface area contributed by atoms with Gasteiger partial charge in [-0.25, -0.2) is 9.48 Å². The van der Waals surface area contributed by atoms with Gasteiger partial charge in [0.2, 0.25) is 0 Å². The molecule has 6 nitrogen and oxygen atoms in total. The zero-order valence-corrected chi connectivity index (χ0v) is 7.32. The number of halogens is 3. The minimum atomic E-state index is -4.49. The molecular weight excluding hydrogens is 217 g/mol. The molecule has 0 aliphatic rings. The SMILES string of the molecule is NCc1c(C(=O)O)nnn1CC(F)(F)F. The minimum absolute atomic E-state index is 0.250. The van der Waals surface area contributed by atoms with Gasteiger partial charge in [-0.1, -0.05) is 5.21 Å². The summed E-state index contributed by atoms with van der Waals surface area (Å²) in [4.78, 5) is 10.5. The summed E-state index contributed by atoms with van der Waals surface area (Å²) in [6, 6.07) is 0. The second kappa shape index (κ2) is 3.85. The average Bonchev–Trinajstić information content (AvgIpc) is 2.44. The highest BCUT2D eigenvalue weighted by molar-refractivity contribution is 5.86. The van der Waals surface area contributed by atoms with Crippen LogP contribution in [0.1, 0.15) is 16.2 Å². The van der Waals surface area contributed by atoms with Gasteiger partial charge in [0.1, 0.15) is 6.54 Å². The van der Waals surface area contributed by atoms with Gasteiger partial charge >= 0.3 is 12.1 Å². The minimum Gasteiger partial charge on any atom is -0.476 e. The summed E-state index contributed by atoms with van der Waals surface area (Å²) in [5.74, 6) is -1.45. The first-order valence-corrected chi connectivity index (χ1v) is 3.77. The summed E-state index contributed by atoms with van der Waals surface area (Å²) < 4.78 is 36.4. The maximum atomic E-state index is 12.0. The zero-order valence-electron chi connectivity index (χ0n) is 7.32. The van der Waals surface area contributed by atoms with E-state index in [9.17, 15) is 18.0 Å². The largest absolute Gasteiger partial charge is 0.476 e. The van der Waals surface area contributed by atoms with Crippen LogP contribution in [0.4, 0.5) is 13.2 Å². The van der Waals surface area contributed by atoms with Gasteiger partial charge in [0, 0.05) is 6.54 Å². The molecule has 0 fully saturated rings. The monoisotopic (exact) mass is 224 g/mol. The van der Waals surface area contributed by atoms with Crippen LogP contribution in [0.15, 0.2) is 0 Å². The van der Waals surface area contributed by atoms with Gasteiger partial charge in [-0.15, -0.1) is 5.10 Å². The number of nitrogens with zero attached hydrogens (tertiary/aromatic N) is 3. The number of carboxylic acid groups (broad SMARTS) is 1. The van der Waals surface area contributed by atoms with Crippen molar-refractivity contribution in [2.24, 2.45) is 5.73 Å². The van der Waals surface area contributed by atoms with Crippen LogP contribution in [0.5, 0.6) is 0 Å². The van der Waals surface area contributed by atoms with Crippen molar-refractivity contribution in [2.75, 3.05) is 0 Å². The van der Waals surface area contributed by atoms with Crippen LogP contribution in [-0.2, 0) is 13.1 Å². The van der Waals surface area contributed by atoms with E-state index in [1.165, 1.54) is 0 Å². The van der Waals surface area contributed by atoms with Gasteiger partial charge < -0.3 is 10.8 Å². The standard InChI is InChI=1S/C6H7F3N4O2/c7-6(8,9)2-13-3(1-10)4(5(14)15)11-12-13/h1-2,10H2,(H,14,15). The highest BCUT2D eigenvalue weighted by Gasteiger charge is 2.31. The van der Waals surface area contributed by atoms with E-state index in [1.807, 2.05) is 0 Å². The maximum Gasteiger partial charge on any atom is 0.408 e. The van der Waals surface area contributed by atoms with Crippen molar-refractivity contribution < 1.29 is 23.1 Å². The molecule has 1 heterocycles. The molecule has 0 bridgehead atoms. The molecule has 1 aromatic heterocycles. The lowest BCUT2D eigenvalue weighted by atomic mass is 10.3. The molecule has 0 aromatic carbocycles. The quantitative estimate of drug-likeness (QED) is 0.753. The second-order valence-corrected chi connectivity index (χ2v) is 2.67. The predicted molar refractivity (Wildman–Crippen MR) is 40.9 cm³/mol. The summed E-state index contributed by atoms with van der Waals surface area (Å²) in [6.07, 6.45) is -4.49. The van der Waals surface area contributed by atoms with Crippen LogP contribution in [-0.4, -0.2) is 32.2 Å². The van der Waals surface area contributed by atoms with Gasteiger partial charge in [0.15, 0.2) is 5.69 Å². The second-order valence-electron chi connectivity index (χ2n) is 2.67. The molecule has 84 valence electrons. The fourth-order valence-electron chi connectivity index (χ4n) is 0.998. The number of nitrogens with two attached hydrogens (primary N) is 1. The number of carboxylic acids is 1. The lowest BCUT2D eigenvalue weighted by molar-refractivity contribution is -0.143. The third kappa shape index (κ3) is 2.65. The first-order chi connectivity index (χ1) is 6.85. The summed E-state index contributed by atoms with van der Waals surface area (Å²) >= 11 is 0. The number of aromatic carboxylic acids is 1. The van der Waals surface area contributed by atoms with Crippen molar-refractivity contribution in [3.05, 3.63) is 11.4 Å². The Morgan fingerprint density at radius 2 is 2.13 bits per heavy atom. The Hall–Kier alpha value is -1.64. The van der Waals surface area contributed by atoms with E-state index in [1.54, 1.807) is 0 Å². The van der Waals surface area contributed by atoms with E-state index in [2.05, 4.69) is 10.3 Å². The Balaban J connectivity index is 3.05. The van der Waals surface area contributed by atoms with E-state index < -0.39 is 24.4 Å². The normalized spacial score (nSPS) is 11.7. The number of alkyl halides is 3. The highest BCUT2D eigenvalue weighted by Crippen LogP contribution is 2.18. The van der Waals surface area contributed by atoms with Gasteiger partial charge in [0.05, 0.1) is 5.69 Å². The lowest BCUT2D eigenvalue weighted by Gasteiger charge is -2.07. The summed E-state index contributed by atoms with van der Waals surface area (Å²) in [6.45, 7) is -1.77. The number of hydrogen-bond acceptors (Lipinski definition) is 4. The van der Waals surface area contributed by atoms with Crippen LogP contribution < -0.4 is 5.73 Å². The molecule has 3 N–H and O–H groups in total. The molecule has 1 aromatic rings. The van der Waals surface area contributed by atoms with Gasteiger partial charge in [-0.05, 0) is 0 Å². The van der Waals surface area contributed by atoms with Crippen molar-refractivity contribution in [2.45, 2.75) is 19.3 Å². The van der Waals surface area contributed by atoms with Gasteiger partial charge in [-0.3, -0.25) is 0 Å². The smallest absolute Gasteiger partial charge is 0.408 e. The van der Waals surface area contributed by atoms with E-state index >= 15 is 0 Å². The van der Waals surface area contributed by atoms with Crippen LogP contribution >= 0.6 is 0 Å². The first-order valence-electron chi connectivity index (χ1n) is 3.77. The Bertz CT molecular complexity index is 373. The summed E-state index contributed by atoms with van der Waals surface area (Å²) in [5.41, 5.74) is 4.32. The Kier molecular flexibility index (Phi) is 2.93. The number of rotatable bonds is 3. The van der Waals surface area contributed by atoms with Crippen LogP contribution in [0.2, 0.25) is 0 Å². The van der Waals surface area contributed by atoms with Crippen molar-refractivity contribution in [3.8, 4) is 0 Å². The van der Waals surface area contributed by atoms with E-state index in [0.717, 1.165) is 0 Å². The lowest BCUT2D eigenvalue weighted by Crippen LogP contribution is -2.22. The van der Waals surface area contributed by atoms with Gasteiger partial charge in [0.25, 0.3) is 0 Å². The van der Waals surface area contributed by atoms with Crippen molar-refractivity contribution in [3.63, 3.8) is 0 Å². The van der Waals surface area contributed by atoms with Crippen molar-refractivity contribution in [1.29, 1.82) is 0 Å². The van der Waals surface area contributed by atoms with Crippen LogP contribution in [0.3, 0.4) is 0 Å². The molecule has 0 spiro atoms. The predicted octanol–water partition coefficient (Wildman–Crippen LogP) is -0.00270. The molecule has 0 unspecified atom stereocenters. The molecule has 0 amide bonds. The first kappa shape index (κ1) is 11.4. The van der Waals surface area contributed by atoms with E-state index in [4.69, 9.17) is 10.8 Å². The Morgan fingerprint density at radius 3 is 2.53 bits per heavy atom. The summed E-state index contributed by atoms with van der Waals surface area (Å²) in [7, 11) is 0. The van der Waals surface area contributed by atoms with Crippen LogP contribution in [0, 0.1) is 0 Å². The average molecular weight is 224 g/mol. The summed E-state index contributed by atoms with van der Waals surface area (Å²) in [5, 5.41) is 14.7. The Labute approximate surface area is 81.5 Å². The number of carbonyl (C=O) groups is 1. The third-order valence-corrected chi connectivity index (χ3v) is 1.56. The molecular formula is C6H7F3N4O2. The topological polar surface area (TPSA) is 94.0 Å². The molecule has 0 atom stereocenters. The van der Waals surface area contributed by atoms with Crippen molar-refractivity contribution >= 4 is 5.97 Å². The molecule has 15 heavy (non-hydrogen) atoms. The fourth-order valence-corrected chi connectivity index (χ4v) is 0.998. The molecule has 1 rings (SSSR count). The molecule has 0 aliphatic heterocycles. The van der Waals surface area contributed by atoms with Gasteiger partial charge in [-0.2, -0.15) is 13.2 Å². The molecule has 0 radical (unpaired) electrons.